The first-order chi connectivity index (χ1) is 11.2. The third-order valence-corrected chi connectivity index (χ3v) is 6.49. The van der Waals surface area contributed by atoms with Gasteiger partial charge < -0.3 is 0 Å². The fraction of sp³-hybridized carbons (Fsp3) is 0.133. The average Bonchev–Trinajstić information content (AvgIpc) is 2.51. The maximum absolute atomic E-state index is 13.0. The van der Waals surface area contributed by atoms with Gasteiger partial charge in [0, 0.05) is 5.02 Å². The van der Waals surface area contributed by atoms with Gasteiger partial charge >= 0.3 is 0 Å². The molecule has 0 fully saturated rings. The van der Waals surface area contributed by atoms with Crippen LogP contribution < -0.4 is 4.31 Å². The molecule has 24 heavy (non-hydrogen) atoms. The third kappa shape index (κ3) is 3.81. The van der Waals surface area contributed by atoms with Gasteiger partial charge in [-0.1, -0.05) is 40.9 Å². The van der Waals surface area contributed by atoms with E-state index in [0.29, 0.717) is 5.02 Å². The van der Waals surface area contributed by atoms with E-state index in [1.165, 1.54) is 49.4 Å². The summed E-state index contributed by atoms with van der Waals surface area (Å²) < 4.78 is 26.9. The van der Waals surface area contributed by atoms with Crippen LogP contribution in [0.5, 0.6) is 0 Å². The standard InChI is InChI=1S/C15H11Cl4NO3S/c1-9(15(19)21)20(13-4-2-3-12(17)14(13)18)24(22,23)11-7-5-10(16)6-8-11/h2-9H,1H3. The molecule has 0 aliphatic carbocycles. The number of hydrogen-bond acceptors (Lipinski definition) is 3. The molecule has 0 saturated heterocycles. The molecular formula is C15H11Cl4NO3S. The van der Waals surface area contributed by atoms with Gasteiger partial charge in [0.1, 0.15) is 6.04 Å². The molecule has 0 heterocycles. The predicted octanol–water partition coefficient (Wildman–Crippen LogP) is 5.00. The van der Waals surface area contributed by atoms with Crippen molar-refractivity contribution in [1.82, 2.24) is 0 Å². The molecule has 2 aromatic carbocycles. The van der Waals surface area contributed by atoms with E-state index in [0.717, 1.165) is 4.31 Å². The summed E-state index contributed by atoms with van der Waals surface area (Å²) in [7, 11) is -4.13. The van der Waals surface area contributed by atoms with Crippen LogP contribution >= 0.6 is 46.4 Å². The first kappa shape index (κ1) is 19.3. The topological polar surface area (TPSA) is 54.5 Å². The Balaban J connectivity index is 2.69. The van der Waals surface area contributed by atoms with Gasteiger partial charge in [-0.25, -0.2) is 8.42 Å². The van der Waals surface area contributed by atoms with Crippen molar-refractivity contribution >= 4 is 67.4 Å². The van der Waals surface area contributed by atoms with Crippen molar-refractivity contribution in [3.05, 3.63) is 57.5 Å². The molecule has 128 valence electrons. The molecule has 4 nitrogen and oxygen atoms in total. The van der Waals surface area contributed by atoms with Crippen molar-refractivity contribution in [2.45, 2.75) is 17.9 Å². The Hall–Kier alpha value is -0.980. The normalized spacial score (nSPS) is 12.7. The van der Waals surface area contributed by atoms with Crippen LogP contribution in [-0.2, 0) is 14.8 Å². The SMILES string of the molecule is CC(C(=O)Cl)N(c1cccc(Cl)c1Cl)S(=O)(=O)c1ccc(Cl)cc1. The number of nitrogens with zero attached hydrogens (tertiary/aromatic N) is 1. The van der Waals surface area contributed by atoms with Crippen LogP contribution in [0.25, 0.3) is 0 Å². The molecule has 0 aliphatic rings. The molecule has 0 N–H and O–H groups in total. The summed E-state index contributed by atoms with van der Waals surface area (Å²) in [4.78, 5) is 11.6. The number of sulfonamides is 1. The number of anilines is 1. The summed E-state index contributed by atoms with van der Waals surface area (Å²) >= 11 is 23.4. The molecule has 0 aliphatic heterocycles. The zero-order valence-electron chi connectivity index (χ0n) is 12.2. The molecule has 0 saturated carbocycles. The fourth-order valence-corrected chi connectivity index (χ4v) is 4.37. The van der Waals surface area contributed by atoms with E-state index in [1.54, 1.807) is 0 Å². The zero-order chi connectivity index (χ0) is 18.1. The fourth-order valence-electron chi connectivity index (χ4n) is 2.02. The van der Waals surface area contributed by atoms with Gasteiger partial charge in [-0.05, 0) is 54.9 Å². The summed E-state index contributed by atoms with van der Waals surface area (Å²) in [6.45, 7) is 1.36. The second-order valence-corrected chi connectivity index (χ2v) is 8.22. The highest BCUT2D eigenvalue weighted by atomic mass is 35.5. The van der Waals surface area contributed by atoms with E-state index in [4.69, 9.17) is 46.4 Å². The number of carbonyl (C=O) groups excluding carboxylic acids is 1. The Morgan fingerprint density at radius 1 is 1.04 bits per heavy atom. The molecule has 0 spiro atoms. The minimum absolute atomic E-state index is 0.00136. The van der Waals surface area contributed by atoms with E-state index in [2.05, 4.69) is 0 Å². The van der Waals surface area contributed by atoms with E-state index in [1.807, 2.05) is 0 Å². The van der Waals surface area contributed by atoms with Gasteiger partial charge in [-0.2, -0.15) is 0 Å². The molecule has 2 rings (SSSR count). The van der Waals surface area contributed by atoms with Crippen LogP contribution in [0.3, 0.4) is 0 Å². The van der Waals surface area contributed by atoms with Crippen LogP contribution in [0.1, 0.15) is 6.92 Å². The molecule has 9 heteroatoms. The first-order valence-corrected chi connectivity index (χ1v) is 9.55. The summed E-state index contributed by atoms with van der Waals surface area (Å²) in [6, 6.07) is 8.80. The van der Waals surface area contributed by atoms with Gasteiger partial charge in [0.2, 0.25) is 5.24 Å². The summed E-state index contributed by atoms with van der Waals surface area (Å²) in [5, 5.41) is -0.326. The lowest BCUT2D eigenvalue weighted by Gasteiger charge is -2.29. The molecule has 0 radical (unpaired) electrons. The van der Waals surface area contributed by atoms with E-state index in [-0.39, 0.29) is 20.6 Å². The number of benzene rings is 2. The molecule has 1 unspecified atom stereocenters. The number of rotatable bonds is 5. The molecule has 2 aromatic rings. The van der Waals surface area contributed by atoms with Crippen molar-refractivity contribution in [2.24, 2.45) is 0 Å². The second kappa shape index (κ2) is 7.50. The summed E-state index contributed by atoms with van der Waals surface area (Å²) in [5.74, 6) is 0. The Morgan fingerprint density at radius 3 is 2.17 bits per heavy atom. The lowest BCUT2D eigenvalue weighted by Crippen LogP contribution is -2.42. The first-order valence-electron chi connectivity index (χ1n) is 6.59. The van der Waals surface area contributed by atoms with Crippen molar-refractivity contribution in [1.29, 1.82) is 0 Å². The van der Waals surface area contributed by atoms with Crippen LogP contribution in [0, 0.1) is 0 Å². The highest BCUT2D eigenvalue weighted by Crippen LogP contribution is 2.37. The second-order valence-electron chi connectivity index (χ2n) is 4.81. The molecule has 1 atom stereocenters. The van der Waals surface area contributed by atoms with Gasteiger partial charge in [-0.15, -0.1) is 0 Å². The van der Waals surface area contributed by atoms with Crippen LogP contribution in [0.4, 0.5) is 5.69 Å². The number of hydrogen-bond donors (Lipinski definition) is 0. The highest BCUT2D eigenvalue weighted by Gasteiger charge is 2.34. The van der Waals surface area contributed by atoms with Gasteiger partial charge in [0.05, 0.1) is 20.6 Å². The molecule has 0 bridgehead atoms. The van der Waals surface area contributed by atoms with E-state index in [9.17, 15) is 13.2 Å². The summed E-state index contributed by atoms with van der Waals surface area (Å²) in [5.41, 5.74) is 0.0561. The molecule has 0 aromatic heterocycles. The Labute approximate surface area is 159 Å². The van der Waals surface area contributed by atoms with Crippen LogP contribution in [0.2, 0.25) is 15.1 Å². The van der Waals surface area contributed by atoms with E-state index >= 15 is 0 Å². The smallest absolute Gasteiger partial charge is 0.265 e. The molecule has 0 amide bonds. The van der Waals surface area contributed by atoms with Crippen molar-refractivity contribution in [3.63, 3.8) is 0 Å². The third-order valence-electron chi connectivity index (χ3n) is 3.22. The Bertz CT molecular complexity index is 869. The Morgan fingerprint density at radius 2 is 1.62 bits per heavy atom. The zero-order valence-corrected chi connectivity index (χ0v) is 16.1. The maximum atomic E-state index is 13.0. The van der Waals surface area contributed by atoms with Crippen molar-refractivity contribution in [3.8, 4) is 0 Å². The minimum Gasteiger partial charge on any atom is -0.279 e. The van der Waals surface area contributed by atoms with Gasteiger partial charge in [-0.3, -0.25) is 9.10 Å². The number of carbonyl (C=O) groups is 1. The molecular weight excluding hydrogens is 416 g/mol. The minimum atomic E-state index is -4.13. The lowest BCUT2D eigenvalue weighted by molar-refractivity contribution is -0.112. The van der Waals surface area contributed by atoms with E-state index < -0.39 is 21.3 Å². The van der Waals surface area contributed by atoms with Crippen molar-refractivity contribution < 1.29 is 13.2 Å². The van der Waals surface area contributed by atoms with Crippen LogP contribution in [-0.4, -0.2) is 19.7 Å². The quantitative estimate of drug-likeness (QED) is 0.632. The Kier molecular flexibility index (Phi) is 6.04. The highest BCUT2D eigenvalue weighted by molar-refractivity contribution is 7.93. The predicted molar refractivity (Wildman–Crippen MR) is 97.9 cm³/mol. The lowest BCUT2D eigenvalue weighted by atomic mass is 10.3. The monoisotopic (exact) mass is 425 g/mol. The van der Waals surface area contributed by atoms with Gasteiger partial charge in [0.25, 0.3) is 10.0 Å². The van der Waals surface area contributed by atoms with Crippen molar-refractivity contribution in [2.75, 3.05) is 4.31 Å². The average molecular weight is 427 g/mol. The maximum Gasteiger partial charge on any atom is 0.265 e. The van der Waals surface area contributed by atoms with Gasteiger partial charge in [0.15, 0.2) is 0 Å². The summed E-state index contributed by atoms with van der Waals surface area (Å²) in [6.07, 6.45) is 0. The number of halogens is 4. The largest absolute Gasteiger partial charge is 0.279 e. The van der Waals surface area contributed by atoms with Crippen LogP contribution in [0.15, 0.2) is 47.4 Å².